The standard InChI is InChI=1S/C13H14BrN3O3S/c1-20-12-5-2-8(14)6-11(12)17-10-4-3-9(15)7-13(10)21(16,18)19/h2-7,17H,15H2,1H3,(H2,16,18,19). The van der Waals surface area contributed by atoms with E-state index in [0.717, 1.165) is 4.47 Å². The Balaban J connectivity index is 2.52. The summed E-state index contributed by atoms with van der Waals surface area (Å²) >= 11 is 3.35. The molecule has 8 heteroatoms. The first-order valence-corrected chi connectivity index (χ1v) is 8.18. The molecular formula is C13H14BrN3O3S. The molecule has 2 aromatic rings. The van der Waals surface area contributed by atoms with Crippen molar-refractivity contribution < 1.29 is 13.2 Å². The Labute approximate surface area is 131 Å². The largest absolute Gasteiger partial charge is 0.495 e. The molecule has 0 saturated heterocycles. The fraction of sp³-hybridized carbons (Fsp3) is 0.0769. The van der Waals surface area contributed by atoms with Gasteiger partial charge in [-0.1, -0.05) is 15.9 Å². The van der Waals surface area contributed by atoms with E-state index in [-0.39, 0.29) is 4.90 Å². The quantitative estimate of drug-likeness (QED) is 0.715. The van der Waals surface area contributed by atoms with Gasteiger partial charge in [-0.3, -0.25) is 0 Å². The first kappa shape index (κ1) is 15.6. The SMILES string of the molecule is COc1ccc(Br)cc1Nc1ccc(N)cc1S(N)(=O)=O. The van der Waals surface area contributed by atoms with E-state index in [1.807, 2.05) is 6.07 Å². The summed E-state index contributed by atoms with van der Waals surface area (Å²) in [4.78, 5) is -0.0791. The normalized spacial score (nSPS) is 11.2. The number of primary sulfonamides is 1. The van der Waals surface area contributed by atoms with Crippen LogP contribution in [-0.4, -0.2) is 15.5 Å². The fourth-order valence-electron chi connectivity index (χ4n) is 1.80. The Kier molecular flexibility index (Phi) is 4.40. The predicted molar refractivity (Wildman–Crippen MR) is 86.2 cm³/mol. The van der Waals surface area contributed by atoms with Crippen molar-refractivity contribution in [2.75, 3.05) is 18.2 Å². The van der Waals surface area contributed by atoms with Gasteiger partial charge in [0.15, 0.2) is 0 Å². The second-order valence-electron chi connectivity index (χ2n) is 4.27. The maximum atomic E-state index is 11.7. The highest BCUT2D eigenvalue weighted by Gasteiger charge is 2.16. The van der Waals surface area contributed by atoms with Crippen LogP contribution in [0.4, 0.5) is 17.1 Å². The Morgan fingerprint density at radius 2 is 1.86 bits per heavy atom. The van der Waals surface area contributed by atoms with Crippen LogP contribution in [0.2, 0.25) is 0 Å². The van der Waals surface area contributed by atoms with Gasteiger partial charge in [-0.05, 0) is 36.4 Å². The van der Waals surface area contributed by atoms with Gasteiger partial charge >= 0.3 is 0 Å². The van der Waals surface area contributed by atoms with Crippen LogP contribution in [0.25, 0.3) is 0 Å². The first-order valence-electron chi connectivity index (χ1n) is 5.84. The number of rotatable bonds is 4. The van der Waals surface area contributed by atoms with Crippen LogP contribution in [0.3, 0.4) is 0 Å². The van der Waals surface area contributed by atoms with Crippen molar-refractivity contribution in [3.8, 4) is 5.75 Å². The Hall–Kier alpha value is -1.77. The fourth-order valence-corrected chi connectivity index (χ4v) is 2.89. The van der Waals surface area contributed by atoms with E-state index in [4.69, 9.17) is 15.6 Å². The molecule has 0 heterocycles. The van der Waals surface area contributed by atoms with Crippen molar-refractivity contribution >= 4 is 43.0 Å². The van der Waals surface area contributed by atoms with E-state index < -0.39 is 10.0 Å². The van der Waals surface area contributed by atoms with Crippen molar-refractivity contribution in [2.24, 2.45) is 5.14 Å². The summed E-state index contributed by atoms with van der Waals surface area (Å²) in [5, 5.41) is 8.21. The number of hydrogen-bond donors (Lipinski definition) is 3. The predicted octanol–water partition coefficient (Wildman–Crippen LogP) is 2.43. The molecule has 0 unspecified atom stereocenters. The van der Waals surface area contributed by atoms with E-state index in [1.165, 1.54) is 13.2 Å². The minimum absolute atomic E-state index is 0.0791. The maximum absolute atomic E-state index is 11.7. The molecule has 0 radical (unpaired) electrons. The molecule has 112 valence electrons. The number of hydrogen-bond acceptors (Lipinski definition) is 5. The third-order valence-electron chi connectivity index (χ3n) is 2.74. The third-order valence-corrected chi connectivity index (χ3v) is 4.19. The molecule has 0 bridgehead atoms. The smallest absolute Gasteiger partial charge is 0.240 e. The van der Waals surface area contributed by atoms with Crippen molar-refractivity contribution in [3.63, 3.8) is 0 Å². The van der Waals surface area contributed by atoms with Crippen LogP contribution in [0, 0.1) is 0 Å². The summed E-state index contributed by atoms with van der Waals surface area (Å²) in [7, 11) is -2.38. The summed E-state index contributed by atoms with van der Waals surface area (Å²) in [5.74, 6) is 0.565. The lowest BCUT2D eigenvalue weighted by molar-refractivity contribution is 0.416. The van der Waals surface area contributed by atoms with Gasteiger partial charge < -0.3 is 15.8 Å². The molecule has 0 aliphatic heterocycles. The Morgan fingerprint density at radius 3 is 2.48 bits per heavy atom. The zero-order valence-corrected chi connectivity index (χ0v) is 13.5. The molecule has 6 nitrogen and oxygen atoms in total. The van der Waals surface area contributed by atoms with Crippen LogP contribution < -0.4 is 20.9 Å². The monoisotopic (exact) mass is 371 g/mol. The molecule has 5 N–H and O–H groups in total. The second-order valence-corrected chi connectivity index (χ2v) is 6.72. The van der Waals surface area contributed by atoms with Gasteiger partial charge in [-0.15, -0.1) is 0 Å². The summed E-state index contributed by atoms with van der Waals surface area (Å²) in [5.41, 5.74) is 6.85. The average Bonchev–Trinajstić information content (AvgIpc) is 2.40. The van der Waals surface area contributed by atoms with Crippen LogP contribution in [-0.2, 0) is 10.0 Å². The van der Waals surface area contributed by atoms with Crippen LogP contribution in [0.5, 0.6) is 5.75 Å². The Bertz CT molecular complexity index is 778. The van der Waals surface area contributed by atoms with Crippen LogP contribution in [0.1, 0.15) is 0 Å². The minimum Gasteiger partial charge on any atom is -0.495 e. The summed E-state index contributed by atoms with van der Waals surface area (Å²) in [6.07, 6.45) is 0. The highest BCUT2D eigenvalue weighted by molar-refractivity contribution is 9.10. The molecule has 0 fully saturated rings. The van der Waals surface area contributed by atoms with Crippen molar-refractivity contribution in [2.45, 2.75) is 4.90 Å². The third kappa shape index (κ3) is 3.66. The lowest BCUT2D eigenvalue weighted by atomic mass is 10.2. The van der Waals surface area contributed by atoms with E-state index in [2.05, 4.69) is 21.2 Å². The number of nitrogen functional groups attached to an aromatic ring is 1. The molecule has 0 aliphatic carbocycles. The topological polar surface area (TPSA) is 107 Å². The average molecular weight is 372 g/mol. The molecule has 2 aromatic carbocycles. The van der Waals surface area contributed by atoms with Crippen molar-refractivity contribution in [1.82, 2.24) is 0 Å². The lowest BCUT2D eigenvalue weighted by Crippen LogP contribution is -2.14. The van der Waals surface area contributed by atoms with E-state index in [9.17, 15) is 8.42 Å². The Morgan fingerprint density at radius 1 is 1.14 bits per heavy atom. The molecule has 0 spiro atoms. The van der Waals surface area contributed by atoms with Gasteiger partial charge in [0.2, 0.25) is 10.0 Å². The lowest BCUT2D eigenvalue weighted by Gasteiger charge is -2.14. The molecule has 0 aromatic heterocycles. The number of benzene rings is 2. The maximum Gasteiger partial charge on any atom is 0.240 e. The first-order chi connectivity index (χ1) is 9.81. The van der Waals surface area contributed by atoms with Gasteiger partial charge in [-0.25, -0.2) is 13.6 Å². The zero-order chi connectivity index (χ0) is 15.6. The molecule has 2 rings (SSSR count). The summed E-state index contributed by atoms with van der Waals surface area (Å²) < 4.78 is 29.4. The summed E-state index contributed by atoms with van der Waals surface area (Å²) in [6.45, 7) is 0. The number of methoxy groups -OCH3 is 1. The van der Waals surface area contributed by atoms with Gasteiger partial charge in [0.1, 0.15) is 10.6 Å². The molecule has 0 atom stereocenters. The van der Waals surface area contributed by atoms with Crippen molar-refractivity contribution in [1.29, 1.82) is 0 Å². The second kappa shape index (κ2) is 5.92. The number of nitrogens with two attached hydrogens (primary N) is 2. The highest BCUT2D eigenvalue weighted by Crippen LogP contribution is 2.33. The van der Waals surface area contributed by atoms with Gasteiger partial charge in [0.25, 0.3) is 0 Å². The molecule has 0 aliphatic rings. The summed E-state index contributed by atoms with van der Waals surface area (Å²) in [6, 6.07) is 9.77. The highest BCUT2D eigenvalue weighted by atomic mass is 79.9. The molecule has 0 amide bonds. The van der Waals surface area contributed by atoms with Crippen LogP contribution >= 0.6 is 15.9 Å². The van der Waals surface area contributed by atoms with Crippen molar-refractivity contribution in [3.05, 3.63) is 40.9 Å². The number of nitrogens with one attached hydrogen (secondary N) is 1. The molecule has 0 saturated carbocycles. The van der Waals surface area contributed by atoms with Gasteiger partial charge in [-0.2, -0.15) is 0 Å². The molecule has 21 heavy (non-hydrogen) atoms. The number of halogens is 1. The van der Waals surface area contributed by atoms with Crippen LogP contribution in [0.15, 0.2) is 45.8 Å². The van der Waals surface area contributed by atoms with E-state index >= 15 is 0 Å². The van der Waals surface area contributed by atoms with Gasteiger partial charge in [0, 0.05) is 10.2 Å². The molecular weight excluding hydrogens is 358 g/mol. The van der Waals surface area contributed by atoms with E-state index in [0.29, 0.717) is 22.8 Å². The number of ether oxygens (including phenoxy) is 1. The number of sulfonamides is 1. The van der Waals surface area contributed by atoms with E-state index in [1.54, 1.807) is 24.3 Å². The zero-order valence-electron chi connectivity index (χ0n) is 11.1. The minimum atomic E-state index is -3.90. The number of anilines is 3. The van der Waals surface area contributed by atoms with Gasteiger partial charge in [0.05, 0.1) is 18.5 Å².